The van der Waals surface area contributed by atoms with Crippen molar-refractivity contribution < 1.29 is 0 Å². The highest BCUT2D eigenvalue weighted by Gasteiger charge is 2.06. The van der Waals surface area contributed by atoms with E-state index in [9.17, 15) is 0 Å². The number of aromatic nitrogens is 3. The zero-order valence-electron chi connectivity index (χ0n) is 12.3. The Hall–Kier alpha value is -2.95. The number of hydrogen-bond donors (Lipinski definition) is 2. The van der Waals surface area contributed by atoms with Crippen molar-refractivity contribution in [2.75, 3.05) is 17.7 Å². The summed E-state index contributed by atoms with van der Waals surface area (Å²) in [5.41, 5.74) is 2.90. The van der Waals surface area contributed by atoms with Gasteiger partial charge in [-0.2, -0.15) is 4.98 Å². The van der Waals surface area contributed by atoms with Crippen molar-refractivity contribution in [3.63, 3.8) is 0 Å². The monoisotopic (exact) mass is 291 g/mol. The molecule has 110 valence electrons. The summed E-state index contributed by atoms with van der Waals surface area (Å²) in [7, 11) is 1.81. The second-order valence-corrected chi connectivity index (χ2v) is 4.75. The van der Waals surface area contributed by atoms with Gasteiger partial charge in [-0.1, -0.05) is 36.4 Å². The molecule has 0 radical (unpaired) electrons. The van der Waals surface area contributed by atoms with Gasteiger partial charge in [-0.15, -0.1) is 0 Å². The van der Waals surface area contributed by atoms with Gasteiger partial charge >= 0.3 is 0 Å². The van der Waals surface area contributed by atoms with Crippen LogP contribution in [0, 0.1) is 0 Å². The summed E-state index contributed by atoms with van der Waals surface area (Å²) in [6.07, 6.45) is 1.78. The van der Waals surface area contributed by atoms with Crippen LogP contribution in [-0.4, -0.2) is 22.0 Å². The maximum Gasteiger partial charge on any atom is 0.224 e. The zero-order valence-corrected chi connectivity index (χ0v) is 12.3. The fourth-order valence-corrected chi connectivity index (χ4v) is 2.09. The van der Waals surface area contributed by atoms with E-state index in [-0.39, 0.29) is 0 Å². The Balaban J connectivity index is 1.85. The van der Waals surface area contributed by atoms with Gasteiger partial charge in [0.1, 0.15) is 5.82 Å². The Morgan fingerprint density at radius 3 is 2.50 bits per heavy atom. The Morgan fingerprint density at radius 1 is 0.955 bits per heavy atom. The molecule has 2 heterocycles. The highest BCUT2D eigenvalue weighted by molar-refractivity contribution is 5.64. The molecule has 1 aromatic carbocycles. The largest absolute Gasteiger partial charge is 0.364 e. The van der Waals surface area contributed by atoms with Gasteiger partial charge in [-0.05, 0) is 12.1 Å². The fourth-order valence-electron chi connectivity index (χ4n) is 2.09. The molecule has 5 heteroatoms. The van der Waals surface area contributed by atoms with Crippen LogP contribution in [-0.2, 0) is 6.54 Å². The summed E-state index contributed by atoms with van der Waals surface area (Å²) in [5, 5.41) is 6.29. The number of hydrogen-bond acceptors (Lipinski definition) is 5. The third-order valence-corrected chi connectivity index (χ3v) is 3.20. The molecule has 22 heavy (non-hydrogen) atoms. The van der Waals surface area contributed by atoms with Crippen molar-refractivity contribution in [2.45, 2.75) is 6.54 Å². The van der Waals surface area contributed by atoms with Crippen LogP contribution in [0.4, 0.5) is 11.8 Å². The lowest BCUT2D eigenvalue weighted by Crippen LogP contribution is -2.06. The lowest BCUT2D eigenvalue weighted by molar-refractivity contribution is 1.02. The summed E-state index contributed by atoms with van der Waals surface area (Å²) < 4.78 is 0. The van der Waals surface area contributed by atoms with Gasteiger partial charge in [0.05, 0.1) is 17.9 Å². The number of pyridine rings is 1. The number of anilines is 2. The van der Waals surface area contributed by atoms with E-state index >= 15 is 0 Å². The van der Waals surface area contributed by atoms with Gasteiger partial charge in [0, 0.05) is 24.9 Å². The second kappa shape index (κ2) is 6.67. The van der Waals surface area contributed by atoms with Crippen molar-refractivity contribution in [1.29, 1.82) is 0 Å². The Kier molecular flexibility index (Phi) is 4.25. The molecule has 0 amide bonds. The number of rotatable bonds is 5. The van der Waals surface area contributed by atoms with Gasteiger partial charge < -0.3 is 10.6 Å². The first-order chi connectivity index (χ1) is 10.8. The minimum atomic E-state index is 0.588. The van der Waals surface area contributed by atoms with E-state index in [0.29, 0.717) is 12.5 Å². The van der Waals surface area contributed by atoms with Crippen molar-refractivity contribution in [1.82, 2.24) is 15.0 Å². The van der Waals surface area contributed by atoms with Crippen LogP contribution in [0.2, 0.25) is 0 Å². The molecule has 3 aromatic rings. The normalized spacial score (nSPS) is 10.2. The summed E-state index contributed by atoms with van der Waals surface area (Å²) in [6, 6.07) is 17.8. The van der Waals surface area contributed by atoms with E-state index < -0.39 is 0 Å². The maximum atomic E-state index is 4.50. The quantitative estimate of drug-likeness (QED) is 0.756. The minimum Gasteiger partial charge on any atom is -0.364 e. The van der Waals surface area contributed by atoms with Crippen molar-refractivity contribution in [3.05, 3.63) is 66.5 Å². The average Bonchev–Trinajstić information content (AvgIpc) is 2.61. The second-order valence-electron chi connectivity index (χ2n) is 4.75. The van der Waals surface area contributed by atoms with Crippen LogP contribution >= 0.6 is 0 Å². The standard InChI is InChI=1S/C17H17N5/c1-18-17-21-15(13-7-3-2-4-8-13)11-16(22-17)20-12-14-9-5-6-10-19-14/h2-11H,12H2,1H3,(H2,18,20,21,22). The van der Waals surface area contributed by atoms with Gasteiger partial charge in [0.2, 0.25) is 5.95 Å². The van der Waals surface area contributed by atoms with Crippen LogP contribution in [0.5, 0.6) is 0 Å². The van der Waals surface area contributed by atoms with E-state index in [0.717, 1.165) is 22.8 Å². The molecule has 3 rings (SSSR count). The predicted octanol–water partition coefficient (Wildman–Crippen LogP) is 3.19. The first kappa shape index (κ1) is 14.0. The third-order valence-electron chi connectivity index (χ3n) is 3.20. The van der Waals surface area contributed by atoms with Crippen molar-refractivity contribution >= 4 is 11.8 Å². The molecule has 0 spiro atoms. The molecule has 0 aliphatic carbocycles. The molecule has 0 fully saturated rings. The maximum absolute atomic E-state index is 4.50. The Bertz CT molecular complexity index is 729. The average molecular weight is 291 g/mol. The molecule has 0 unspecified atom stereocenters. The molecule has 0 aliphatic heterocycles. The van der Waals surface area contributed by atoms with Crippen molar-refractivity contribution in [3.8, 4) is 11.3 Å². The van der Waals surface area contributed by atoms with Gasteiger partial charge in [-0.3, -0.25) is 4.98 Å². The Morgan fingerprint density at radius 2 is 1.77 bits per heavy atom. The van der Waals surface area contributed by atoms with Gasteiger partial charge in [0.15, 0.2) is 0 Å². The highest BCUT2D eigenvalue weighted by atomic mass is 15.1. The highest BCUT2D eigenvalue weighted by Crippen LogP contribution is 2.21. The van der Waals surface area contributed by atoms with E-state index in [1.165, 1.54) is 0 Å². The van der Waals surface area contributed by atoms with E-state index in [2.05, 4.69) is 25.6 Å². The van der Waals surface area contributed by atoms with E-state index in [4.69, 9.17) is 0 Å². The van der Waals surface area contributed by atoms with Crippen LogP contribution in [0.15, 0.2) is 60.8 Å². The van der Waals surface area contributed by atoms with Gasteiger partial charge in [0.25, 0.3) is 0 Å². The van der Waals surface area contributed by atoms with E-state index in [1.54, 1.807) is 6.20 Å². The Labute approximate surface area is 129 Å². The molecule has 0 aliphatic rings. The number of benzene rings is 1. The molecule has 2 N–H and O–H groups in total. The molecule has 0 atom stereocenters. The molecule has 0 bridgehead atoms. The number of nitrogens with zero attached hydrogens (tertiary/aromatic N) is 3. The number of nitrogens with one attached hydrogen (secondary N) is 2. The predicted molar refractivity (Wildman–Crippen MR) is 88.6 cm³/mol. The smallest absolute Gasteiger partial charge is 0.224 e. The lowest BCUT2D eigenvalue weighted by Gasteiger charge is -2.09. The van der Waals surface area contributed by atoms with E-state index in [1.807, 2.05) is 61.6 Å². The van der Waals surface area contributed by atoms with Crippen LogP contribution in [0.1, 0.15) is 5.69 Å². The summed E-state index contributed by atoms with van der Waals surface area (Å²) in [5.74, 6) is 1.36. The first-order valence-corrected chi connectivity index (χ1v) is 7.11. The third kappa shape index (κ3) is 3.38. The zero-order chi connectivity index (χ0) is 15.2. The molecule has 0 saturated heterocycles. The first-order valence-electron chi connectivity index (χ1n) is 7.11. The van der Waals surface area contributed by atoms with Crippen LogP contribution < -0.4 is 10.6 Å². The molecular formula is C17H17N5. The molecular weight excluding hydrogens is 274 g/mol. The minimum absolute atomic E-state index is 0.588. The summed E-state index contributed by atoms with van der Waals surface area (Å²) in [6.45, 7) is 0.620. The summed E-state index contributed by atoms with van der Waals surface area (Å²) in [4.78, 5) is 13.2. The molecule has 2 aromatic heterocycles. The lowest BCUT2D eigenvalue weighted by atomic mass is 10.1. The molecule has 0 saturated carbocycles. The van der Waals surface area contributed by atoms with Crippen LogP contribution in [0.3, 0.4) is 0 Å². The SMILES string of the molecule is CNc1nc(NCc2ccccn2)cc(-c2ccccc2)n1. The summed E-state index contributed by atoms with van der Waals surface area (Å²) >= 11 is 0. The van der Waals surface area contributed by atoms with Crippen LogP contribution in [0.25, 0.3) is 11.3 Å². The molecule has 5 nitrogen and oxygen atoms in total. The topological polar surface area (TPSA) is 62.7 Å². The van der Waals surface area contributed by atoms with Crippen molar-refractivity contribution in [2.24, 2.45) is 0 Å². The van der Waals surface area contributed by atoms with Gasteiger partial charge in [-0.25, -0.2) is 4.98 Å². The fraction of sp³-hybridized carbons (Fsp3) is 0.118.